The number of hydrogen-bond donors (Lipinski definition) is 0. The van der Waals surface area contributed by atoms with Gasteiger partial charge in [0.25, 0.3) is 0 Å². The molecule has 4 heteroatoms. The van der Waals surface area contributed by atoms with E-state index in [4.69, 9.17) is 11.6 Å². The summed E-state index contributed by atoms with van der Waals surface area (Å²) in [6, 6.07) is 5.53. The summed E-state index contributed by atoms with van der Waals surface area (Å²) in [5, 5.41) is 0. The molecule has 2 aromatic rings. The number of rotatable bonds is 2. The average Bonchev–Trinajstić information content (AvgIpc) is 2.92. The Morgan fingerprint density at radius 1 is 1.37 bits per heavy atom. The Bertz CT molecular complexity index is 607. The first kappa shape index (κ1) is 12.9. The van der Waals surface area contributed by atoms with Crippen molar-refractivity contribution < 1.29 is 4.39 Å². The highest BCUT2D eigenvalue weighted by atomic mass is 35.5. The van der Waals surface area contributed by atoms with Crippen molar-refractivity contribution in [3.05, 3.63) is 29.8 Å². The number of benzene rings is 1. The minimum Gasteiger partial charge on any atom is -0.323 e. The van der Waals surface area contributed by atoms with Gasteiger partial charge < -0.3 is 4.57 Å². The number of para-hydroxylation sites is 1. The second kappa shape index (κ2) is 4.78. The lowest BCUT2D eigenvalue weighted by Crippen LogP contribution is -2.16. The SMILES string of the molecule is CC1CCC(n2c(CCl)nc3c(F)cccc32)C1C. The molecule has 1 heterocycles. The molecule has 3 unspecified atom stereocenters. The third kappa shape index (κ3) is 1.95. The number of nitrogens with zero attached hydrogens (tertiary/aromatic N) is 2. The number of aromatic nitrogens is 2. The van der Waals surface area contributed by atoms with E-state index in [1.54, 1.807) is 6.07 Å². The lowest BCUT2D eigenvalue weighted by molar-refractivity contribution is 0.354. The minimum absolute atomic E-state index is 0.263. The summed E-state index contributed by atoms with van der Waals surface area (Å²) in [6.07, 6.45) is 2.33. The van der Waals surface area contributed by atoms with E-state index in [0.29, 0.717) is 29.3 Å². The van der Waals surface area contributed by atoms with E-state index in [0.717, 1.165) is 17.8 Å². The van der Waals surface area contributed by atoms with Crippen molar-refractivity contribution in [2.75, 3.05) is 0 Å². The maximum absolute atomic E-state index is 13.9. The molecule has 3 atom stereocenters. The van der Waals surface area contributed by atoms with Crippen LogP contribution in [-0.2, 0) is 5.88 Å². The van der Waals surface area contributed by atoms with Crippen LogP contribution in [0.25, 0.3) is 11.0 Å². The van der Waals surface area contributed by atoms with Crippen LogP contribution in [0, 0.1) is 17.7 Å². The molecule has 1 fully saturated rings. The van der Waals surface area contributed by atoms with Crippen molar-refractivity contribution >= 4 is 22.6 Å². The molecule has 0 N–H and O–H groups in total. The first-order chi connectivity index (χ1) is 9.13. The molecule has 1 aliphatic rings. The van der Waals surface area contributed by atoms with Gasteiger partial charge in [-0.15, -0.1) is 11.6 Å². The standard InChI is InChI=1S/C15H18ClFN2/c1-9-6-7-12(10(9)2)19-13-5-3-4-11(17)15(13)18-14(19)8-16/h3-5,9-10,12H,6-8H2,1-2H3. The average molecular weight is 281 g/mol. The molecule has 102 valence electrons. The smallest absolute Gasteiger partial charge is 0.151 e. The first-order valence-electron chi connectivity index (χ1n) is 6.84. The fourth-order valence-corrected chi connectivity index (χ4v) is 3.49. The summed E-state index contributed by atoms with van der Waals surface area (Å²) < 4.78 is 16.0. The number of fused-ring (bicyclic) bond motifs is 1. The molecule has 1 aliphatic carbocycles. The number of hydrogen-bond acceptors (Lipinski definition) is 1. The molecule has 0 radical (unpaired) electrons. The molecule has 0 amide bonds. The van der Waals surface area contributed by atoms with E-state index in [2.05, 4.69) is 23.4 Å². The molecule has 1 aromatic carbocycles. The Balaban J connectivity index is 2.19. The molecule has 1 saturated carbocycles. The molecule has 0 aliphatic heterocycles. The van der Waals surface area contributed by atoms with Gasteiger partial charge in [-0.25, -0.2) is 9.37 Å². The van der Waals surface area contributed by atoms with Gasteiger partial charge in [0.05, 0.1) is 11.4 Å². The first-order valence-corrected chi connectivity index (χ1v) is 7.38. The van der Waals surface area contributed by atoms with Crippen molar-refractivity contribution in [1.29, 1.82) is 0 Å². The van der Waals surface area contributed by atoms with E-state index in [-0.39, 0.29) is 5.82 Å². The Morgan fingerprint density at radius 3 is 2.79 bits per heavy atom. The van der Waals surface area contributed by atoms with Crippen molar-refractivity contribution in [1.82, 2.24) is 9.55 Å². The molecule has 19 heavy (non-hydrogen) atoms. The van der Waals surface area contributed by atoms with E-state index in [9.17, 15) is 4.39 Å². The van der Waals surface area contributed by atoms with Crippen molar-refractivity contribution in [3.63, 3.8) is 0 Å². The number of imidazole rings is 1. The van der Waals surface area contributed by atoms with Crippen LogP contribution in [-0.4, -0.2) is 9.55 Å². The largest absolute Gasteiger partial charge is 0.323 e. The van der Waals surface area contributed by atoms with Crippen LogP contribution in [0.4, 0.5) is 4.39 Å². The number of halogens is 2. The monoisotopic (exact) mass is 280 g/mol. The van der Waals surface area contributed by atoms with Gasteiger partial charge in [-0.2, -0.15) is 0 Å². The van der Waals surface area contributed by atoms with Crippen LogP contribution in [0.15, 0.2) is 18.2 Å². The van der Waals surface area contributed by atoms with Crippen LogP contribution in [0.1, 0.15) is 38.6 Å². The van der Waals surface area contributed by atoms with E-state index in [1.807, 2.05) is 6.07 Å². The zero-order valence-corrected chi connectivity index (χ0v) is 12.0. The predicted octanol–water partition coefficient (Wildman–Crippen LogP) is 4.52. The van der Waals surface area contributed by atoms with Crippen LogP contribution in [0.2, 0.25) is 0 Å². The Kier molecular flexibility index (Phi) is 3.25. The summed E-state index contributed by atoms with van der Waals surface area (Å²) in [7, 11) is 0. The van der Waals surface area contributed by atoms with Crippen LogP contribution < -0.4 is 0 Å². The maximum Gasteiger partial charge on any atom is 0.151 e. The fourth-order valence-electron chi connectivity index (χ4n) is 3.30. The molecule has 1 aromatic heterocycles. The lowest BCUT2D eigenvalue weighted by atomic mass is 9.97. The van der Waals surface area contributed by atoms with E-state index < -0.39 is 0 Å². The molecule has 0 spiro atoms. The van der Waals surface area contributed by atoms with Gasteiger partial charge in [0.1, 0.15) is 11.3 Å². The molecule has 3 rings (SSSR count). The second-order valence-corrected chi connectivity index (χ2v) is 5.89. The van der Waals surface area contributed by atoms with Gasteiger partial charge >= 0.3 is 0 Å². The summed E-state index contributed by atoms with van der Waals surface area (Å²) in [5.41, 5.74) is 1.33. The van der Waals surface area contributed by atoms with Crippen molar-refractivity contribution in [2.45, 2.75) is 38.6 Å². The minimum atomic E-state index is -0.263. The summed E-state index contributed by atoms with van der Waals surface area (Å²) in [5.74, 6) is 2.11. The van der Waals surface area contributed by atoms with Gasteiger partial charge in [-0.05, 0) is 36.8 Å². The van der Waals surface area contributed by atoms with Crippen molar-refractivity contribution in [2.24, 2.45) is 11.8 Å². The van der Waals surface area contributed by atoms with Crippen LogP contribution >= 0.6 is 11.6 Å². The fraction of sp³-hybridized carbons (Fsp3) is 0.533. The van der Waals surface area contributed by atoms with Gasteiger partial charge in [-0.3, -0.25) is 0 Å². The Morgan fingerprint density at radius 2 is 2.16 bits per heavy atom. The molecule has 2 nitrogen and oxygen atoms in total. The highest BCUT2D eigenvalue weighted by Gasteiger charge is 2.33. The maximum atomic E-state index is 13.9. The van der Waals surface area contributed by atoms with Crippen molar-refractivity contribution in [3.8, 4) is 0 Å². The third-order valence-electron chi connectivity index (χ3n) is 4.62. The van der Waals surface area contributed by atoms with Gasteiger partial charge in [0.15, 0.2) is 5.82 Å². The van der Waals surface area contributed by atoms with Crippen LogP contribution in [0.5, 0.6) is 0 Å². The van der Waals surface area contributed by atoms with E-state index >= 15 is 0 Å². The molecular formula is C15H18ClFN2. The van der Waals surface area contributed by atoms with Gasteiger partial charge in [0, 0.05) is 6.04 Å². The third-order valence-corrected chi connectivity index (χ3v) is 4.86. The topological polar surface area (TPSA) is 17.8 Å². The highest BCUT2D eigenvalue weighted by molar-refractivity contribution is 6.16. The summed E-state index contributed by atoms with van der Waals surface area (Å²) in [4.78, 5) is 4.39. The second-order valence-electron chi connectivity index (χ2n) is 5.62. The highest BCUT2D eigenvalue weighted by Crippen LogP contribution is 2.42. The quantitative estimate of drug-likeness (QED) is 0.740. The molecular weight excluding hydrogens is 263 g/mol. The Labute approximate surface area is 117 Å². The number of alkyl halides is 1. The summed E-state index contributed by atoms with van der Waals surface area (Å²) in [6.45, 7) is 4.55. The van der Waals surface area contributed by atoms with Gasteiger partial charge in [-0.1, -0.05) is 19.9 Å². The zero-order valence-electron chi connectivity index (χ0n) is 11.2. The Hall–Kier alpha value is -1.09. The zero-order chi connectivity index (χ0) is 13.6. The molecule has 0 bridgehead atoms. The predicted molar refractivity (Wildman–Crippen MR) is 75.8 cm³/mol. The lowest BCUT2D eigenvalue weighted by Gasteiger charge is -2.22. The molecule has 0 saturated heterocycles. The normalized spacial score (nSPS) is 27.3. The van der Waals surface area contributed by atoms with E-state index in [1.165, 1.54) is 12.5 Å². The van der Waals surface area contributed by atoms with Crippen LogP contribution in [0.3, 0.4) is 0 Å². The summed E-state index contributed by atoms with van der Waals surface area (Å²) >= 11 is 6.01. The van der Waals surface area contributed by atoms with Gasteiger partial charge in [0.2, 0.25) is 0 Å².